The van der Waals surface area contributed by atoms with Gasteiger partial charge in [-0.15, -0.1) is 0 Å². The van der Waals surface area contributed by atoms with Crippen molar-refractivity contribution in [3.05, 3.63) is 71.0 Å². The molecule has 0 radical (unpaired) electrons. The number of nitrogens with zero attached hydrogens (tertiary/aromatic N) is 1. The van der Waals surface area contributed by atoms with Gasteiger partial charge in [0, 0.05) is 6.54 Å². The topological polar surface area (TPSA) is 40.5 Å². The van der Waals surface area contributed by atoms with Gasteiger partial charge < -0.3 is 10.0 Å². The van der Waals surface area contributed by atoms with Gasteiger partial charge in [0.15, 0.2) is 0 Å². The Bertz CT molecular complexity index is 699. The summed E-state index contributed by atoms with van der Waals surface area (Å²) in [6, 6.07) is 14.0. The van der Waals surface area contributed by atoms with E-state index in [1.54, 1.807) is 6.07 Å². The molecule has 1 saturated heterocycles. The average molecular weight is 327 g/mol. The van der Waals surface area contributed by atoms with E-state index in [4.69, 9.17) is 5.11 Å². The summed E-state index contributed by atoms with van der Waals surface area (Å²) in [5, 5.41) is 9.09. The maximum atomic E-state index is 13.5. The van der Waals surface area contributed by atoms with Gasteiger partial charge >= 0.3 is 0 Å². The molecule has 0 unspecified atom stereocenters. The lowest BCUT2D eigenvalue weighted by Gasteiger charge is -2.36. The molecule has 1 N–H and O–H groups in total. The van der Waals surface area contributed by atoms with Crippen molar-refractivity contribution in [3.63, 3.8) is 0 Å². The maximum Gasteiger partial charge on any atom is 0.227 e. The summed E-state index contributed by atoms with van der Waals surface area (Å²) >= 11 is 0. The fourth-order valence-corrected chi connectivity index (χ4v) is 3.33. The van der Waals surface area contributed by atoms with Crippen LogP contribution in [-0.4, -0.2) is 22.5 Å². The first-order chi connectivity index (χ1) is 11.7. The number of halogens is 1. The fourth-order valence-electron chi connectivity index (χ4n) is 3.33. The number of rotatable bonds is 4. The summed E-state index contributed by atoms with van der Waals surface area (Å²) in [4.78, 5) is 14.7. The third kappa shape index (κ3) is 3.82. The summed E-state index contributed by atoms with van der Waals surface area (Å²) in [5.74, 6) is -0.189. The zero-order valence-corrected chi connectivity index (χ0v) is 13.6. The SMILES string of the molecule is O=C(Cc1ccc(CO)cc1)N1CCCC[C@H]1c1cccc(F)c1. The first kappa shape index (κ1) is 16.7. The molecule has 0 spiro atoms. The minimum absolute atomic E-state index is 0.00198. The van der Waals surface area contributed by atoms with E-state index in [9.17, 15) is 9.18 Å². The summed E-state index contributed by atoms with van der Waals surface area (Å²) in [5.41, 5.74) is 2.64. The Morgan fingerprint density at radius 2 is 1.88 bits per heavy atom. The van der Waals surface area contributed by atoms with Gasteiger partial charge in [-0.3, -0.25) is 4.79 Å². The number of carbonyl (C=O) groups is 1. The predicted molar refractivity (Wildman–Crippen MR) is 90.8 cm³/mol. The first-order valence-corrected chi connectivity index (χ1v) is 8.41. The molecule has 2 aromatic carbocycles. The highest BCUT2D eigenvalue weighted by molar-refractivity contribution is 5.79. The van der Waals surface area contributed by atoms with E-state index in [0.717, 1.165) is 42.5 Å². The lowest BCUT2D eigenvalue weighted by molar-refractivity contribution is -0.134. The largest absolute Gasteiger partial charge is 0.392 e. The van der Waals surface area contributed by atoms with Crippen molar-refractivity contribution in [3.8, 4) is 0 Å². The van der Waals surface area contributed by atoms with E-state index < -0.39 is 0 Å². The Balaban J connectivity index is 1.75. The molecule has 3 nitrogen and oxygen atoms in total. The molecule has 3 rings (SSSR count). The first-order valence-electron chi connectivity index (χ1n) is 8.41. The summed E-state index contributed by atoms with van der Waals surface area (Å²) in [7, 11) is 0. The van der Waals surface area contributed by atoms with Crippen molar-refractivity contribution in [2.24, 2.45) is 0 Å². The third-order valence-corrected chi connectivity index (χ3v) is 4.62. The van der Waals surface area contributed by atoms with Gasteiger partial charge in [-0.05, 0) is 48.1 Å². The van der Waals surface area contributed by atoms with E-state index >= 15 is 0 Å². The number of aliphatic hydroxyl groups excluding tert-OH is 1. The Labute approximate surface area is 141 Å². The van der Waals surface area contributed by atoms with E-state index in [1.165, 1.54) is 12.1 Å². The highest BCUT2D eigenvalue weighted by Gasteiger charge is 2.28. The standard InChI is InChI=1S/C20H22FNO2/c21-18-5-3-4-17(13-18)19-6-1-2-11-22(19)20(24)12-15-7-9-16(14-23)10-8-15/h3-5,7-10,13,19,23H,1-2,6,11-12,14H2/t19-/m0/s1. The van der Waals surface area contributed by atoms with E-state index in [2.05, 4.69) is 0 Å². The Kier molecular flexibility index (Phi) is 5.26. The number of hydrogen-bond acceptors (Lipinski definition) is 2. The Hall–Kier alpha value is -2.20. The Morgan fingerprint density at radius 3 is 2.58 bits per heavy atom. The quantitative estimate of drug-likeness (QED) is 0.932. The van der Waals surface area contributed by atoms with Gasteiger partial charge in [-0.1, -0.05) is 36.4 Å². The number of likely N-dealkylation sites (tertiary alicyclic amines) is 1. The van der Waals surface area contributed by atoms with Gasteiger partial charge in [0.2, 0.25) is 5.91 Å². The fraction of sp³-hybridized carbons (Fsp3) is 0.350. The highest BCUT2D eigenvalue weighted by Crippen LogP contribution is 2.31. The number of aliphatic hydroxyl groups is 1. The van der Waals surface area contributed by atoms with Crippen molar-refractivity contribution in [2.75, 3.05) is 6.54 Å². The van der Waals surface area contributed by atoms with Gasteiger partial charge in [-0.25, -0.2) is 4.39 Å². The van der Waals surface area contributed by atoms with Crippen LogP contribution in [0.25, 0.3) is 0 Å². The predicted octanol–water partition coefficient (Wildman–Crippen LogP) is 3.61. The smallest absolute Gasteiger partial charge is 0.227 e. The van der Waals surface area contributed by atoms with Crippen LogP contribution in [0.1, 0.15) is 42.0 Å². The lowest BCUT2D eigenvalue weighted by atomic mass is 9.94. The van der Waals surface area contributed by atoms with Crippen LogP contribution in [-0.2, 0) is 17.8 Å². The van der Waals surface area contributed by atoms with Gasteiger partial charge in [-0.2, -0.15) is 0 Å². The van der Waals surface area contributed by atoms with Crippen LogP contribution in [0.15, 0.2) is 48.5 Å². The maximum absolute atomic E-state index is 13.5. The second-order valence-corrected chi connectivity index (χ2v) is 6.31. The Morgan fingerprint density at radius 1 is 1.12 bits per heavy atom. The molecule has 1 amide bonds. The number of hydrogen-bond donors (Lipinski definition) is 1. The molecule has 0 saturated carbocycles. The third-order valence-electron chi connectivity index (χ3n) is 4.62. The molecule has 0 aliphatic carbocycles. The normalized spacial score (nSPS) is 17.8. The molecule has 4 heteroatoms. The minimum atomic E-state index is -0.259. The van der Waals surface area contributed by atoms with Gasteiger partial charge in [0.05, 0.1) is 19.1 Å². The summed E-state index contributed by atoms with van der Waals surface area (Å²) in [6.45, 7) is 0.719. The lowest BCUT2D eigenvalue weighted by Crippen LogP contribution is -2.39. The molecule has 126 valence electrons. The van der Waals surface area contributed by atoms with Crippen molar-refractivity contribution in [1.82, 2.24) is 4.90 Å². The summed E-state index contributed by atoms with van der Waals surface area (Å²) < 4.78 is 13.5. The zero-order chi connectivity index (χ0) is 16.9. The second-order valence-electron chi connectivity index (χ2n) is 6.31. The number of benzene rings is 2. The molecular formula is C20H22FNO2. The van der Waals surface area contributed by atoms with Crippen LogP contribution >= 0.6 is 0 Å². The molecule has 24 heavy (non-hydrogen) atoms. The van der Waals surface area contributed by atoms with E-state index in [0.29, 0.717) is 6.42 Å². The molecule has 1 fully saturated rings. The van der Waals surface area contributed by atoms with Crippen LogP contribution in [0.2, 0.25) is 0 Å². The average Bonchev–Trinajstić information content (AvgIpc) is 2.62. The molecule has 1 heterocycles. The van der Waals surface area contributed by atoms with Crippen LogP contribution < -0.4 is 0 Å². The van der Waals surface area contributed by atoms with Crippen molar-refractivity contribution < 1.29 is 14.3 Å². The van der Waals surface area contributed by atoms with E-state index in [-0.39, 0.29) is 24.4 Å². The van der Waals surface area contributed by atoms with E-state index in [1.807, 2.05) is 35.2 Å². The monoisotopic (exact) mass is 327 g/mol. The minimum Gasteiger partial charge on any atom is -0.392 e. The summed E-state index contributed by atoms with van der Waals surface area (Å²) in [6.07, 6.45) is 3.24. The van der Waals surface area contributed by atoms with Gasteiger partial charge in [0.1, 0.15) is 5.82 Å². The highest BCUT2D eigenvalue weighted by atomic mass is 19.1. The van der Waals surface area contributed by atoms with Crippen LogP contribution in [0.4, 0.5) is 4.39 Å². The molecule has 1 aliphatic rings. The van der Waals surface area contributed by atoms with Crippen molar-refractivity contribution >= 4 is 5.91 Å². The molecule has 1 atom stereocenters. The van der Waals surface area contributed by atoms with Crippen LogP contribution in [0, 0.1) is 5.82 Å². The van der Waals surface area contributed by atoms with Gasteiger partial charge in [0.25, 0.3) is 0 Å². The number of carbonyl (C=O) groups excluding carboxylic acids is 1. The van der Waals surface area contributed by atoms with Crippen LogP contribution in [0.5, 0.6) is 0 Å². The molecule has 2 aromatic rings. The molecular weight excluding hydrogens is 305 g/mol. The molecule has 1 aliphatic heterocycles. The zero-order valence-electron chi connectivity index (χ0n) is 13.6. The van der Waals surface area contributed by atoms with Crippen molar-refractivity contribution in [1.29, 1.82) is 0 Å². The molecule has 0 bridgehead atoms. The van der Waals surface area contributed by atoms with Crippen molar-refractivity contribution in [2.45, 2.75) is 38.3 Å². The number of piperidine rings is 1. The molecule has 0 aromatic heterocycles. The van der Waals surface area contributed by atoms with Crippen LogP contribution in [0.3, 0.4) is 0 Å². The number of amides is 1. The second kappa shape index (κ2) is 7.58.